The highest BCUT2D eigenvalue weighted by atomic mass is 32.2. The van der Waals surface area contributed by atoms with Gasteiger partial charge >= 0.3 is 0 Å². The third-order valence-corrected chi connectivity index (χ3v) is 3.78. The highest BCUT2D eigenvalue weighted by Gasteiger charge is 2.10. The number of nitrogens with two attached hydrogens (primary N) is 1. The Bertz CT molecular complexity index is 542. The number of ether oxygens (including phenoxy) is 1. The van der Waals surface area contributed by atoms with Crippen LogP contribution in [0.3, 0.4) is 0 Å². The van der Waals surface area contributed by atoms with Gasteiger partial charge in [0.05, 0.1) is 18.8 Å². The topological polar surface area (TPSA) is 48.1 Å². The number of benzene rings is 1. The maximum atomic E-state index is 6.30. The molecule has 0 bridgehead atoms. The van der Waals surface area contributed by atoms with Crippen molar-refractivity contribution in [3.63, 3.8) is 0 Å². The Morgan fingerprint density at radius 1 is 1.20 bits per heavy atom. The minimum Gasteiger partial charge on any atom is -0.492 e. The van der Waals surface area contributed by atoms with Gasteiger partial charge in [0.2, 0.25) is 0 Å². The van der Waals surface area contributed by atoms with Crippen molar-refractivity contribution in [1.82, 2.24) is 4.98 Å². The molecule has 1 atom stereocenters. The lowest BCUT2D eigenvalue weighted by molar-refractivity contribution is 0.315. The molecular formula is C16H20N2OS. The van der Waals surface area contributed by atoms with Gasteiger partial charge in [-0.15, -0.1) is 11.8 Å². The zero-order valence-corrected chi connectivity index (χ0v) is 12.7. The molecule has 3 nitrogen and oxygen atoms in total. The molecule has 1 heterocycles. The van der Waals surface area contributed by atoms with Crippen LogP contribution in [0.5, 0.6) is 5.75 Å². The predicted molar refractivity (Wildman–Crippen MR) is 84.3 cm³/mol. The fourth-order valence-corrected chi connectivity index (χ4v) is 2.32. The van der Waals surface area contributed by atoms with Crippen LogP contribution in [0.2, 0.25) is 0 Å². The summed E-state index contributed by atoms with van der Waals surface area (Å²) >= 11 is 1.72. The molecule has 1 unspecified atom stereocenters. The molecule has 2 rings (SSSR count). The number of thioether (sulfide) groups is 1. The van der Waals surface area contributed by atoms with Gasteiger partial charge < -0.3 is 10.5 Å². The number of pyridine rings is 1. The summed E-state index contributed by atoms with van der Waals surface area (Å²) in [6.07, 6.45) is 6.56. The molecule has 106 valence electrons. The maximum Gasteiger partial charge on any atom is 0.137 e. The average molecular weight is 288 g/mol. The normalized spacial score (nSPS) is 12.2. The van der Waals surface area contributed by atoms with E-state index in [0.717, 1.165) is 23.3 Å². The highest BCUT2D eigenvalue weighted by Crippen LogP contribution is 2.24. The van der Waals surface area contributed by atoms with Gasteiger partial charge in [-0.3, -0.25) is 4.98 Å². The van der Waals surface area contributed by atoms with E-state index in [4.69, 9.17) is 10.5 Å². The molecule has 0 aliphatic heterocycles. The SMILES string of the molecule is CCCOc1cncc(C(N)c2ccc(SC)cc2)c1. The lowest BCUT2D eigenvalue weighted by Crippen LogP contribution is -2.12. The van der Waals surface area contributed by atoms with Gasteiger partial charge in [0.25, 0.3) is 0 Å². The Balaban J connectivity index is 2.16. The van der Waals surface area contributed by atoms with Gasteiger partial charge in [0.1, 0.15) is 5.75 Å². The van der Waals surface area contributed by atoms with Gasteiger partial charge in [-0.05, 0) is 42.0 Å². The van der Waals surface area contributed by atoms with Crippen LogP contribution in [-0.4, -0.2) is 17.8 Å². The first kappa shape index (κ1) is 14.9. The van der Waals surface area contributed by atoms with Crippen molar-refractivity contribution >= 4 is 11.8 Å². The minimum atomic E-state index is -0.177. The molecule has 0 aliphatic carbocycles. The molecule has 0 aliphatic rings. The molecule has 2 aromatic rings. The lowest BCUT2D eigenvalue weighted by Gasteiger charge is -2.14. The summed E-state index contributed by atoms with van der Waals surface area (Å²) < 4.78 is 5.60. The Morgan fingerprint density at radius 2 is 1.95 bits per heavy atom. The van der Waals surface area contributed by atoms with Crippen LogP contribution in [0.25, 0.3) is 0 Å². The van der Waals surface area contributed by atoms with Crippen LogP contribution in [0.15, 0.2) is 47.6 Å². The summed E-state index contributed by atoms with van der Waals surface area (Å²) in [6.45, 7) is 2.78. The van der Waals surface area contributed by atoms with E-state index < -0.39 is 0 Å². The van der Waals surface area contributed by atoms with E-state index in [2.05, 4.69) is 42.4 Å². The summed E-state index contributed by atoms with van der Waals surface area (Å²) in [7, 11) is 0. The van der Waals surface area contributed by atoms with Crippen molar-refractivity contribution in [3.8, 4) is 5.75 Å². The van der Waals surface area contributed by atoms with Crippen molar-refractivity contribution in [2.24, 2.45) is 5.73 Å². The monoisotopic (exact) mass is 288 g/mol. The number of nitrogens with zero attached hydrogens (tertiary/aromatic N) is 1. The zero-order chi connectivity index (χ0) is 14.4. The summed E-state index contributed by atoms with van der Waals surface area (Å²) in [6, 6.07) is 10.1. The van der Waals surface area contributed by atoms with Crippen molar-refractivity contribution in [2.45, 2.75) is 24.3 Å². The van der Waals surface area contributed by atoms with Crippen LogP contribution in [0, 0.1) is 0 Å². The van der Waals surface area contributed by atoms with E-state index in [1.807, 2.05) is 6.07 Å². The number of hydrogen-bond acceptors (Lipinski definition) is 4. The summed E-state index contributed by atoms with van der Waals surface area (Å²) in [5.74, 6) is 0.778. The van der Waals surface area contributed by atoms with Crippen LogP contribution in [0.1, 0.15) is 30.5 Å². The molecule has 0 saturated carbocycles. The van der Waals surface area contributed by atoms with Gasteiger partial charge in [-0.1, -0.05) is 19.1 Å². The van der Waals surface area contributed by atoms with Gasteiger partial charge in [-0.2, -0.15) is 0 Å². The van der Waals surface area contributed by atoms with Crippen LogP contribution in [-0.2, 0) is 0 Å². The Kier molecular flexibility index (Phi) is 5.44. The van der Waals surface area contributed by atoms with E-state index in [9.17, 15) is 0 Å². The molecule has 2 N–H and O–H groups in total. The predicted octanol–water partition coefficient (Wildman–Crippen LogP) is 3.64. The standard InChI is InChI=1S/C16H20N2OS/c1-3-8-19-14-9-13(10-18-11-14)16(17)12-4-6-15(20-2)7-5-12/h4-7,9-11,16H,3,8,17H2,1-2H3. The van der Waals surface area contributed by atoms with Gasteiger partial charge in [-0.25, -0.2) is 0 Å². The largest absolute Gasteiger partial charge is 0.492 e. The van der Waals surface area contributed by atoms with E-state index in [1.165, 1.54) is 4.90 Å². The fraction of sp³-hybridized carbons (Fsp3) is 0.312. The molecule has 1 aromatic carbocycles. The van der Waals surface area contributed by atoms with E-state index >= 15 is 0 Å². The van der Waals surface area contributed by atoms with Crippen LogP contribution >= 0.6 is 11.8 Å². The van der Waals surface area contributed by atoms with E-state index in [-0.39, 0.29) is 6.04 Å². The minimum absolute atomic E-state index is 0.177. The van der Waals surface area contributed by atoms with Gasteiger partial charge in [0.15, 0.2) is 0 Å². The zero-order valence-electron chi connectivity index (χ0n) is 11.9. The molecule has 0 radical (unpaired) electrons. The molecule has 0 spiro atoms. The van der Waals surface area contributed by atoms with E-state index in [1.54, 1.807) is 24.2 Å². The second kappa shape index (κ2) is 7.31. The molecule has 20 heavy (non-hydrogen) atoms. The fourth-order valence-electron chi connectivity index (χ4n) is 1.91. The Labute approximate surface area is 124 Å². The average Bonchev–Trinajstić information content (AvgIpc) is 2.52. The second-order valence-electron chi connectivity index (χ2n) is 4.55. The third-order valence-electron chi connectivity index (χ3n) is 3.04. The van der Waals surface area contributed by atoms with Crippen molar-refractivity contribution in [3.05, 3.63) is 53.9 Å². The smallest absolute Gasteiger partial charge is 0.137 e. The summed E-state index contributed by atoms with van der Waals surface area (Å²) in [4.78, 5) is 5.44. The van der Waals surface area contributed by atoms with E-state index in [0.29, 0.717) is 6.61 Å². The molecule has 0 amide bonds. The summed E-state index contributed by atoms with van der Waals surface area (Å²) in [5, 5.41) is 0. The van der Waals surface area contributed by atoms with Crippen LogP contribution in [0.4, 0.5) is 0 Å². The molecule has 1 aromatic heterocycles. The second-order valence-corrected chi connectivity index (χ2v) is 5.43. The van der Waals surface area contributed by atoms with Crippen molar-refractivity contribution < 1.29 is 4.74 Å². The molecule has 4 heteroatoms. The molecule has 0 saturated heterocycles. The first-order chi connectivity index (χ1) is 9.74. The number of aromatic nitrogens is 1. The Morgan fingerprint density at radius 3 is 2.60 bits per heavy atom. The third kappa shape index (κ3) is 3.74. The lowest BCUT2D eigenvalue weighted by atomic mass is 10.0. The quantitative estimate of drug-likeness (QED) is 0.824. The summed E-state index contributed by atoms with van der Waals surface area (Å²) in [5.41, 5.74) is 8.35. The Hall–Kier alpha value is -1.52. The van der Waals surface area contributed by atoms with Gasteiger partial charge in [0, 0.05) is 11.1 Å². The first-order valence-corrected chi connectivity index (χ1v) is 7.94. The highest BCUT2D eigenvalue weighted by molar-refractivity contribution is 7.98. The van der Waals surface area contributed by atoms with Crippen LogP contribution < -0.4 is 10.5 Å². The number of rotatable bonds is 6. The molecular weight excluding hydrogens is 268 g/mol. The first-order valence-electron chi connectivity index (χ1n) is 6.72. The molecule has 0 fully saturated rings. The van der Waals surface area contributed by atoms with Crippen molar-refractivity contribution in [1.29, 1.82) is 0 Å². The maximum absolute atomic E-state index is 6.30. The van der Waals surface area contributed by atoms with Crippen molar-refractivity contribution in [2.75, 3.05) is 12.9 Å². The number of hydrogen-bond donors (Lipinski definition) is 1.